The highest BCUT2D eigenvalue weighted by molar-refractivity contribution is 7.99. The van der Waals surface area contributed by atoms with Crippen LogP contribution in [0.2, 0.25) is 0 Å². The maximum Gasteiger partial charge on any atom is 0.0958 e. The lowest BCUT2D eigenvalue weighted by Crippen LogP contribution is -2.32. The van der Waals surface area contributed by atoms with Crippen molar-refractivity contribution in [2.45, 2.75) is 25.7 Å². The number of likely N-dealkylation sites (tertiary alicyclic amines) is 1. The molecule has 0 bridgehead atoms. The molecule has 0 spiro atoms. The minimum absolute atomic E-state index is 0.859. The van der Waals surface area contributed by atoms with Gasteiger partial charge < -0.3 is 4.90 Å². The first kappa shape index (κ1) is 9.38. The minimum Gasteiger partial charge on any atom is -0.360 e. The van der Waals surface area contributed by atoms with Gasteiger partial charge in [-0.2, -0.15) is 11.8 Å². The van der Waals surface area contributed by atoms with Crippen molar-refractivity contribution in [2.24, 2.45) is 5.92 Å². The average Bonchev–Trinajstić information content (AvgIpc) is 2.54. The van der Waals surface area contributed by atoms with E-state index in [2.05, 4.69) is 16.7 Å². The standard InChI is InChI=1S/C10H18N2S/c11-10-4-1-5-12(10)7-9-3-2-6-13-8-9/h9,11H,1-8H2. The van der Waals surface area contributed by atoms with Gasteiger partial charge in [0, 0.05) is 19.5 Å². The zero-order valence-electron chi connectivity index (χ0n) is 8.09. The molecule has 1 N–H and O–H groups in total. The Labute approximate surface area is 84.6 Å². The van der Waals surface area contributed by atoms with Crippen molar-refractivity contribution in [1.29, 1.82) is 5.41 Å². The van der Waals surface area contributed by atoms with Gasteiger partial charge >= 0.3 is 0 Å². The third kappa shape index (κ3) is 2.39. The predicted octanol–water partition coefficient (Wildman–Crippen LogP) is 2.20. The van der Waals surface area contributed by atoms with Crippen molar-refractivity contribution in [1.82, 2.24) is 4.90 Å². The van der Waals surface area contributed by atoms with Crippen LogP contribution in [-0.4, -0.2) is 35.3 Å². The summed E-state index contributed by atoms with van der Waals surface area (Å²) in [7, 11) is 0. The molecule has 0 aromatic heterocycles. The fourth-order valence-electron chi connectivity index (χ4n) is 2.19. The molecule has 3 heteroatoms. The minimum atomic E-state index is 0.859. The quantitative estimate of drug-likeness (QED) is 0.736. The number of nitrogens with one attached hydrogen (secondary N) is 1. The molecule has 2 fully saturated rings. The molecule has 74 valence electrons. The van der Waals surface area contributed by atoms with Crippen LogP contribution < -0.4 is 0 Å². The molecule has 2 heterocycles. The van der Waals surface area contributed by atoms with Crippen LogP contribution in [0.4, 0.5) is 0 Å². The van der Waals surface area contributed by atoms with Crippen molar-refractivity contribution in [3.05, 3.63) is 0 Å². The molecule has 2 saturated heterocycles. The number of thioether (sulfide) groups is 1. The number of hydrogen-bond acceptors (Lipinski definition) is 2. The molecule has 0 amide bonds. The van der Waals surface area contributed by atoms with E-state index in [1.165, 1.54) is 30.8 Å². The van der Waals surface area contributed by atoms with Crippen LogP contribution >= 0.6 is 11.8 Å². The van der Waals surface area contributed by atoms with Gasteiger partial charge in [-0.1, -0.05) is 0 Å². The highest BCUT2D eigenvalue weighted by Crippen LogP contribution is 2.24. The third-order valence-electron chi connectivity index (χ3n) is 2.96. The molecule has 1 atom stereocenters. The Morgan fingerprint density at radius 3 is 3.00 bits per heavy atom. The number of hydrogen-bond donors (Lipinski definition) is 1. The van der Waals surface area contributed by atoms with Crippen LogP contribution in [0, 0.1) is 11.3 Å². The molecule has 0 aromatic rings. The van der Waals surface area contributed by atoms with Gasteiger partial charge in [-0.15, -0.1) is 0 Å². The number of nitrogens with zero attached hydrogens (tertiary/aromatic N) is 1. The van der Waals surface area contributed by atoms with E-state index in [9.17, 15) is 0 Å². The van der Waals surface area contributed by atoms with Crippen LogP contribution in [0.25, 0.3) is 0 Å². The smallest absolute Gasteiger partial charge is 0.0958 e. The third-order valence-corrected chi connectivity index (χ3v) is 4.24. The van der Waals surface area contributed by atoms with Gasteiger partial charge in [0.15, 0.2) is 0 Å². The van der Waals surface area contributed by atoms with Crippen molar-refractivity contribution < 1.29 is 0 Å². The highest BCUT2D eigenvalue weighted by atomic mass is 32.2. The van der Waals surface area contributed by atoms with Gasteiger partial charge in [0.25, 0.3) is 0 Å². The van der Waals surface area contributed by atoms with Gasteiger partial charge in [0.05, 0.1) is 5.84 Å². The first-order chi connectivity index (χ1) is 6.36. The number of rotatable bonds is 2. The second-order valence-electron chi connectivity index (χ2n) is 4.08. The van der Waals surface area contributed by atoms with E-state index in [4.69, 9.17) is 5.41 Å². The Morgan fingerprint density at radius 1 is 1.46 bits per heavy atom. The molecular weight excluding hydrogens is 180 g/mol. The molecule has 0 aliphatic carbocycles. The fraction of sp³-hybridized carbons (Fsp3) is 0.900. The Hall–Kier alpha value is -0.180. The van der Waals surface area contributed by atoms with Crippen LogP contribution in [0.1, 0.15) is 25.7 Å². The van der Waals surface area contributed by atoms with Gasteiger partial charge in [0.2, 0.25) is 0 Å². The summed E-state index contributed by atoms with van der Waals surface area (Å²) in [5, 5.41) is 7.74. The van der Waals surface area contributed by atoms with E-state index in [1.54, 1.807) is 0 Å². The summed E-state index contributed by atoms with van der Waals surface area (Å²) < 4.78 is 0. The van der Waals surface area contributed by atoms with Gasteiger partial charge in [-0.25, -0.2) is 0 Å². The largest absolute Gasteiger partial charge is 0.360 e. The molecule has 2 nitrogen and oxygen atoms in total. The lowest BCUT2D eigenvalue weighted by atomic mass is 10.1. The van der Waals surface area contributed by atoms with Crippen molar-refractivity contribution in [3.63, 3.8) is 0 Å². The van der Waals surface area contributed by atoms with E-state index in [-0.39, 0.29) is 0 Å². The number of amidine groups is 1. The van der Waals surface area contributed by atoms with E-state index in [0.29, 0.717) is 0 Å². The fourth-order valence-corrected chi connectivity index (χ4v) is 3.34. The summed E-state index contributed by atoms with van der Waals surface area (Å²) in [4.78, 5) is 2.29. The van der Waals surface area contributed by atoms with Crippen LogP contribution in [-0.2, 0) is 0 Å². The maximum atomic E-state index is 7.74. The molecule has 0 saturated carbocycles. The molecule has 1 unspecified atom stereocenters. The van der Waals surface area contributed by atoms with Gasteiger partial charge in [-0.3, -0.25) is 5.41 Å². The molecule has 13 heavy (non-hydrogen) atoms. The van der Waals surface area contributed by atoms with Gasteiger partial charge in [0.1, 0.15) is 0 Å². The Balaban J connectivity index is 1.79. The van der Waals surface area contributed by atoms with Crippen LogP contribution in [0.3, 0.4) is 0 Å². The average molecular weight is 198 g/mol. The van der Waals surface area contributed by atoms with E-state index < -0.39 is 0 Å². The summed E-state index contributed by atoms with van der Waals surface area (Å²) in [6, 6.07) is 0. The summed E-state index contributed by atoms with van der Waals surface area (Å²) in [6.45, 7) is 2.30. The van der Waals surface area contributed by atoms with Crippen molar-refractivity contribution in [2.75, 3.05) is 24.6 Å². The van der Waals surface area contributed by atoms with Crippen molar-refractivity contribution >= 4 is 17.6 Å². The van der Waals surface area contributed by atoms with E-state index in [1.807, 2.05) is 0 Å². The Kier molecular flexibility index (Phi) is 3.14. The summed E-state index contributed by atoms with van der Waals surface area (Å²) >= 11 is 2.09. The van der Waals surface area contributed by atoms with Gasteiger partial charge in [-0.05, 0) is 36.7 Å². The molecule has 0 aromatic carbocycles. The topological polar surface area (TPSA) is 27.1 Å². The zero-order chi connectivity index (χ0) is 9.10. The normalized spacial score (nSPS) is 29.7. The molecular formula is C10H18N2S. The zero-order valence-corrected chi connectivity index (χ0v) is 8.91. The SMILES string of the molecule is N=C1CCCN1CC1CCCSC1. The second kappa shape index (κ2) is 4.36. The Bertz CT molecular complexity index is 187. The summed E-state index contributed by atoms with van der Waals surface area (Å²) in [6.07, 6.45) is 4.99. The maximum absolute atomic E-state index is 7.74. The predicted molar refractivity (Wildman–Crippen MR) is 58.6 cm³/mol. The molecule has 2 aliphatic rings. The molecule has 2 rings (SSSR count). The van der Waals surface area contributed by atoms with E-state index >= 15 is 0 Å². The lowest BCUT2D eigenvalue weighted by molar-refractivity contribution is 0.357. The highest BCUT2D eigenvalue weighted by Gasteiger charge is 2.22. The van der Waals surface area contributed by atoms with Crippen molar-refractivity contribution in [3.8, 4) is 0 Å². The van der Waals surface area contributed by atoms with Crippen LogP contribution in [0.5, 0.6) is 0 Å². The second-order valence-corrected chi connectivity index (χ2v) is 5.23. The Morgan fingerprint density at radius 2 is 2.38 bits per heavy atom. The van der Waals surface area contributed by atoms with E-state index in [0.717, 1.165) is 31.3 Å². The first-order valence-electron chi connectivity index (χ1n) is 5.26. The molecule has 2 aliphatic heterocycles. The summed E-state index contributed by atoms with van der Waals surface area (Å²) in [5.74, 6) is 4.42. The first-order valence-corrected chi connectivity index (χ1v) is 6.42. The summed E-state index contributed by atoms with van der Waals surface area (Å²) in [5.41, 5.74) is 0. The lowest BCUT2D eigenvalue weighted by Gasteiger charge is -2.27. The van der Waals surface area contributed by atoms with Crippen LogP contribution in [0.15, 0.2) is 0 Å². The molecule has 0 radical (unpaired) electrons. The monoisotopic (exact) mass is 198 g/mol.